The average Bonchev–Trinajstić information content (AvgIpc) is 3.17. The molecule has 8 nitrogen and oxygen atoms in total. The van der Waals surface area contributed by atoms with E-state index in [-0.39, 0.29) is 30.7 Å². The zero-order valence-corrected chi connectivity index (χ0v) is 18.0. The molecule has 3 amide bonds. The summed E-state index contributed by atoms with van der Waals surface area (Å²) in [6.45, 7) is 1.99. The Bertz CT molecular complexity index is 1060. The highest BCUT2D eigenvalue weighted by Crippen LogP contribution is 2.31. The Morgan fingerprint density at radius 3 is 2.22 bits per heavy atom. The van der Waals surface area contributed by atoms with Gasteiger partial charge in [0.05, 0.1) is 18.7 Å². The molecule has 4 rings (SSSR count). The molecule has 1 atom stereocenters. The lowest BCUT2D eigenvalue weighted by Gasteiger charge is -2.26. The summed E-state index contributed by atoms with van der Waals surface area (Å²) < 4.78 is 10.7. The number of benzene rings is 2. The fraction of sp³-hybridized carbons (Fsp3) is 0.333. The quantitative estimate of drug-likeness (QED) is 0.406. The van der Waals surface area contributed by atoms with E-state index in [1.807, 2.05) is 0 Å². The van der Waals surface area contributed by atoms with Gasteiger partial charge in [0.25, 0.3) is 0 Å². The average molecular weight is 436 g/mol. The van der Waals surface area contributed by atoms with Crippen LogP contribution in [0.15, 0.2) is 42.5 Å². The number of methoxy groups -OCH3 is 1. The van der Waals surface area contributed by atoms with Crippen molar-refractivity contribution in [1.82, 2.24) is 0 Å². The molecule has 0 spiro atoms. The topological polar surface area (TPSA) is 93.2 Å². The van der Waals surface area contributed by atoms with E-state index in [1.54, 1.807) is 61.4 Å². The van der Waals surface area contributed by atoms with E-state index in [0.29, 0.717) is 47.7 Å². The third-order valence-electron chi connectivity index (χ3n) is 5.75. The van der Waals surface area contributed by atoms with Crippen molar-refractivity contribution in [2.45, 2.75) is 32.6 Å². The maximum absolute atomic E-state index is 12.7. The van der Waals surface area contributed by atoms with Crippen LogP contribution < -0.4 is 19.3 Å². The summed E-state index contributed by atoms with van der Waals surface area (Å²) in [5.41, 5.74) is 1.85. The van der Waals surface area contributed by atoms with Crippen LogP contribution in [0.5, 0.6) is 11.5 Å². The van der Waals surface area contributed by atoms with Gasteiger partial charge in [-0.1, -0.05) is 0 Å². The highest BCUT2D eigenvalue weighted by molar-refractivity contribution is 6.16. The Morgan fingerprint density at radius 2 is 1.59 bits per heavy atom. The van der Waals surface area contributed by atoms with Gasteiger partial charge in [0, 0.05) is 31.5 Å². The maximum Gasteiger partial charge on any atom is 0.316 e. The highest BCUT2D eigenvalue weighted by Gasteiger charge is 2.36. The second-order valence-corrected chi connectivity index (χ2v) is 7.95. The van der Waals surface area contributed by atoms with Gasteiger partial charge in [-0.2, -0.15) is 0 Å². The fourth-order valence-electron chi connectivity index (χ4n) is 4.04. The van der Waals surface area contributed by atoms with Crippen molar-refractivity contribution < 1.29 is 28.7 Å². The monoisotopic (exact) mass is 436 g/mol. The van der Waals surface area contributed by atoms with E-state index >= 15 is 0 Å². The van der Waals surface area contributed by atoms with Gasteiger partial charge in [-0.3, -0.25) is 24.1 Å². The first-order valence-corrected chi connectivity index (χ1v) is 10.5. The number of carbonyl (C=O) groups is 4. The second-order valence-electron chi connectivity index (χ2n) is 7.95. The van der Waals surface area contributed by atoms with E-state index in [0.717, 1.165) is 0 Å². The number of amides is 3. The largest absolute Gasteiger partial charge is 0.497 e. The number of ether oxygens (including phenoxy) is 2. The van der Waals surface area contributed by atoms with Crippen LogP contribution in [0.2, 0.25) is 0 Å². The van der Waals surface area contributed by atoms with Gasteiger partial charge in [0.15, 0.2) is 0 Å². The Balaban J connectivity index is 1.43. The number of aryl methyl sites for hydroxylation is 1. The molecular formula is C24H24N2O6. The molecule has 2 aromatic rings. The Hall–Kier alpha value is -3.68. The maximum atomic E-state index is 12.7. The number of carbonyl (C=O) groups excluding carboxylic acids is 4. The third-order valence-corrected chi connectivity index (χ3v) is 5.75. The highest BCUT2D eigenvalue weighted by atomic mass is 16.5. The standard InChI is InChI=1S/C24H24N2O6/c1-15-12-19(10-11-20(15)26-21(27)4-3-5-22(26)28)32-24(30)16-13-23(29)25(14-16)17-6-8-18(31-2)9-7-17/h6-12,16H,3-5,13-14H2,1-2H3/t16-/m1/s1. The van der Waals surface area contributed by atoms with Gasteiger partial charge in [-0.15, -0.1) is 0 Å². The minimum Gasteiger partial charge on any atom is -0.497 e. The van der Waals surface area contributed by atoms with Crippen molar-refractivity contribution in [3.8, 4) is 11.5 Å². The number of rotatable bonds is 5. The van der Waals surface area contributed by atoms with Gasteiger partial charge < -0.3 is 14.4 Å². The molecule has 8 heteroatoms. The number of piperidine rings is 1. The minimum atomic E-state index is -0.588. The first kappa shape index (κ1) is 21.5. The number of esters is 1. The Morgan fingerprint density at radius 1 is 0.938 bits per heavy atom. The van der Waals surface area contributed by atoms with Gasteiger partial charge in [-0.25, -0.2) is 0 Å². The van der Waals surface area contributed by atoms with Crippen LogP contribution in [0.25, 0.3) is 0 Å². The normalized spacial score (nSPS) is 18.8. The molecule has 0 N–H and O–H groups in total. The van der Waals surface area contributed by atoms with Crippen LogP contribution in [0.3, 0.4) is 0 Å². The molecule has 0 radical (unpaired) electrons. The molecule has 0 bridgehead atoms. The summed E-state index contributed by atoms with van der Waals surface area (Å²) in [7, 11) is 1.57. The minimum absolute atomic E-state index is 0.0682. The molecule has 2 fully saturated rings. The Kier molecular flexibility index (Phi) is 5.94. The summed E-state index contributed by atoms with van der Waals surface area (Å²) in [6.07, 6.45) is 1.31. The molecule has 2 aromatic carbocycles. The van der Waals surface area contributed by atoms with Gasteiger partial charge in [-0.05, 0) is 61.4 Å². The van der Waals surface area contributed by atoms with Crippen molar-refractivity contribution in [2.24, 2.45) is 5.92 Å². The molecule has 166 valence electrons. The van der Waals surface area contributed by atoms with E-state index in [4.69, 9.17) is 9.47 Å². The number of nitrogens with zero attached hydrogens (tertiary/aromatic N) is 2. The molecule has 2 aliphatic rings. The molecule has 0 unspecified atom stereocenters. The second kappa shape index (κ2) is 8.82. The van der Waals surface area contributed by atoms with E-state index in [2.05, 4.69) is 0 Å². The lowest BCUT2D eigenvalue weighted by Crippen LogP contribution is -2.40. The smallest absolute Gasteiger partial charge is 0.316 e. The Labute approximate surface area is 185 Å². The molecule has 0 saturated carbocycles. The van der Waals surface area contributed by atoms with Crippen molar-refractivity contribution in [1.29, 1.82) is 0 Å². The molecule has 32 heavy (non-hydrogen) atoms. The van der Waals surface area contributed by atoms with E-state index in [9.17, 15) is 19.2 Å². The molecule has 0 aromatic heterocycles. The number of imide groups is 1. The van der Waals surface area contributed by atoms with Crippen molar-refractivity contribution in [3.63, 3.8) is 0 Å². The third kappa shape index (κ3) is 4.21. The van der Waals surface area contributed by atoms with Crippen molar-refractivity contribution in [2.75, 3.05) is 23.5 Å². The van der Waals surface area contributed by atoms with Crippen molar-refractivity contribution >= 4 is 35.1 Å². The van der Waals surface area contributed by atoms with Crippen molar-refractivity contribution in [3.05, 3.63) is 48.0 Å². The number of hydrogen-bond donors (Lipinski definition) is 0. The lowest BCUT2D eigenvalue weighted by atomic mass is 10.1. The predicted octanol–water partition coefficient (Wildman–Crippen LogP) is 3.01. The summed E-state index contributed by atoms with van der Waals surface area (Å²) in [4.78, 5) is 52.3. The molecular weight excluding hydrogens is 412 g/mol. The number of hydrogen-bond acceptors (Lipinski definition) is 6. The fourth-order valence-corrected chi connectivity index (χ4v) is 4.04. The lowest BCUT2D eigenvalue weighted by molar-refractivity contribution is -0.139. The SMILES string of the molecule is COc1ccc(N2C[C@H](C(=O)Oc3ccc(N4C(=O)CCCC4=O)c(C)c3)CC2=O)cc1. The number of anilines is 2. The summed E-state index contributed by atoms with van der Waals surface area (Å²) in [5, 5.41) is 0. The molecule has 2 aliphatic heterocycles. The van der Waals surface area contributed by atoms with Gasteiger partial charge in [0.2, 0.25) is 17.7 Å². The molecule has 2 heterocycles. The van der Waals surface area contributed by atoms with Crippen LogP contribution in [-0.2, 0) is 19.2 Å². The predicted molar refractivity (Wildman–Crippen MR) is 117 cm³/mol. The zero-order chi connectivity index (χ0) is 22.8. The van der Waals surface area contributed by atoms with E-state index in [1.165, 1.54) is 4.90 Å². The first-order chi connectivity index (χ1) is 15.4. The van der Waals surface area contributed by atoms with E-state index < -0.39 is 11.9 Å². The zero-order valence-electron chi connectivity index (χ0n) is 18.0. The van der Waals surface area contributed by atoms with Crippen LogP contribution in [0, 0.1) is 12.8 Å². The molecule has 0 aliphatic carbocycles. The van der Waals surface area contributed by atoms with Crippen LogP contribution in [-0.4, -0.2) is 37.3 Å². The summed E-state index contributed by atoms with van der Waals surface area (Å²) in [6, 6.07) is 11.9. The van der Waals surface area contributed by atoms with Gasteiger partial charge in [0.1, 0.15) is 11.5 Å². The van der Waals surface area contributed by atoms with Crippen LogP contribution >= 0.6 is 0 Å². The van der Waals surface area contributed by atoms with Crippen LogP contribution in [0.1, 0.15) is 31.2 Å². The van der Waals surface area contributed by atoms with Crippen LogP contribution in [0.4, 0.5) is 11.4 Å². The summed E-state index contributed by atoms with van der Waals surface area (Å²) in [5.74, 6) is -0.687. The molecule has 2 saturated heterocycles. The first-order valence-electron chi connectivity index (χ1n) is 10.5. The summed E-state index contributed by atoms with van der Waals surface area (Å²) >= 11 is 0. The van der Waals surface area contributed by atoms with Gasteiger partial charge >= 0.3 is 5.97 Å².